The molecule has 0 N–H and O–H groups in total. The second-order valence-corrected chi connectivity index (χ2v) is 5.26. The molecule has 0 bridgehead atoms. The molecule has 2 rings (SSSR count). The quantitative estimate of drug-likeness (QED) is 0.845. The van der Waals surface area contributed by atoms with Gasteiger partial charge >= 0.3 is 0 Å². The van der Waals surface area contributed by atoms with E-state index in [0.717, 1.165) is 24.4 Å². The number of methoxy groups -OCH3 is 1. The first kappa shape index (κ1) is 14.8. The van der Waals surface area contributed by atoms with Crippen LogP contribution in [-0.4, -0.2) is 44.4 Å². The Kier molecular flexibility index (Phi) is 4.99. The zero-order chi connectivity index (χ0) is 14.5. The Morgan fingerprint density at radius 1 is 1.35 bits per heavy atom. The third kappa shape index (κ3) is 3.12. The van der Waals surface area contributed by atoms with Crippen molar-refractivity contribution in [2.45, 2.75) is 25.8 Å². The van der Waals surface area contributed by atoms with Gasteiger partial charge in [0.15, 0.2) is 0 Å². The van der Waals surface area contributed by atoms with Crippen LogP contribution in [0.4, 0.5) is 0 Å². The van der Waals surface area contributed by atoms with Crippen molar-refractivity contribution in [1.29, 1.82) is 5.26 Å². The molecule has 0 aliphatic carbocycles. The Morgan fingerprint density at radius 2 is 2.05 bits per heavy atom. The van der Waals surface area contributed by atoms with Crippen LogP contribution in [0.15, 0.2) is 18.2 Å². The second-order valence-electron chi connectivity index (χ2n) is 5.26. The fourth-order valence-electron chi connectivity index (χ4n) is 2.75. The third-order valence-corrected chi connectivity index (χ3v) is 3.92. The van der Waals surface area contributed by atoms with E-state index in [0.29, 0.717) is 13.2 Å². The van der Waals surface area contributed by atoms with Gasteiger partial charge in [-0.3, -0.25) is 4.90 Å². The summed E-state index contributed by atoms with van der Waals surface area (Å²) in [6.07, 6.45) is 0. The molecule has 4 nitrogen and oxygen atoms in total. The second kappa shape index (κ2) is 6.74. The molecule has 0 amide bonds. The number of hydrogen-bond acceptors (Lipinski definition) is 4. The monoisotopic (exact) mass is 274 g/mol. The highest BCUT2D eigenvalue weighted by atomic mass is 16.5. The van der Waals surface area contributed by atoms with Gasteiger partial charge in [0.1, 0.15) is 11.8 Å². The third-order valence-electron chi connectivity index (χ3n) is 3.92. The van der Waals surface area contributed by atoms with Crippen LogP contribution in [0.3, 0.4) is 0 Å². The van der Waals surface area contributed by atoms with E-state index >= 15 is 0 Å². The first-order valence-electron chi connectivity index (χ1n) is 7.03. The molecule has 0 saturated carbocycles. The number of ether oxygens (including phenoxy) is 2. The zero-order valence-electron chi connectivity index (χ0n) is 12.4. The van der Waals surface area contributed by atoms with Crippen molar-refractivity contribution >= 4 is 0 Å². The number of rotatable bonds is 4. The standard InChI is InChI=1S/C16H22N2O2/c1-12-4-5-16(19-3)14(10-12)13(2)15(11-17)18-6-8-20-9-7-18/h4-5,10,13,15H,6-9H2,1-3H3. The topological polar surface area (TPSA) is 45.5 Å². The molecule has 4 heteroatoms. The highest BCUT2D eigenvalue weighted by Crippen LogP contribution is 2.31. The molecule has 0 spiro atoms. The van der Waals surface area contributed by atoms with E-state index in [-0.39, 0.29) is 12.0 Å². The van der Waals surface area contributed by atoms with Crippen molar-refractivity contribution in [2.24, 2.45) is 0 Å². The molecule has 1 fully saturated rings. The van der Waals surface area contributed by atoms with Gasteiger partial charge in [0.2, 0.25) is 0 Å². The van der Waals surface area contributed by atoms with Crippen LogP contribution in [0.1, 0.15) is 24.0 Å². The van der Waals surface area contributed by atoms with E-state index in [1.807, 2.05) is 12.1 Å². The van der Waals surface area contributed by atoms with Gasteiger partial charge < -0.3 is 9.47 Å². The fraction of sp³-hybridized carbons (Fsp3) is 0.562. The van der Waals surface area contributed by atoms with Crippen molar-refractivity contribution in [2.75, 3.05) is 33.4 Å². The number of nitriles is 1. The van der Waals surface area contributed by atoms with E-state index in [1.165, 1.54) is 5.56 Å². The maximum Gasteiger partial charge on any atom is 0.122 e. The van der Waals surface area contributed by atoms with Crippen LogP contribution in [-0.2, 0) is 4.74 Å². The van der Waals surface area contributed by atoms with Crippen LogP contribution in [0.5, 0.6) is 5.75 Å². The summed E-state index contributed by atoms with van der Waals surface area (Å²) in [7, 11) is 1.68. The number of benzene rings is 1. The fourth-order valence-corrected chi connectivity index (χ4v) is 2.75. The average Bonchev–Trinajstić information content (AvgIpc) is 2.49. The van der Waals surface area contributed by atoms with Crippen LogP contribution >= 0.6 is 0 Å². The predicted molar refractivity (Wildman–Crippen MR) is 77.9 cm³/mol. The minimum atomic E-state index is -0.144. The van der Waals surface area contributed by atoms with Gasteiger partial charge in [-0.25, -0.2) is 0 Å². The molecule has 20 heavy (non-hydrogen) atoms. The Morgan fingerprint density at radius 3 is 2.65 bits per heavy atom. The lowest BCUT2D eigenvalue weighted by molar-refractivity contribution is 0.0230. The van der Waals surface area contributed by atoms with Gasteiger partial charge in [0.05, 0.1) is 26.4 Å². The van der Waals surface area contributed by atoms with E-state index in [2.05, 4.69) is 30.9 Å². The number of aryl methyl sites for hydroxylation is 1. The van der Waals surface area contributed by atoms with Crippen LogP contribution in [0.25, 0.3) is 0 Å². The number of hydrogen-bond donors (Lipinski definition) is 0. The molecule has 1 aliphatic heterocycles. The van der Waals surface area contributed by atoms with Gasteiger partial charge in [-0.2, -0.15) is 5.26 Å². The minimum Gasteiger partial charge on any atom is -0.496 e. The smallest absolute Gasteiger partial charge is 0.122 e. The lowest BCUT2D eigenvalue weighted by Gasteiger charge is -2.34. The molecule has 1 saturated heterocycles. The summed E-state index contributed by atoms with van der Waals surface area (Å²) in [5.41, 5.74) is 2.29. The Hall–Kier alpha value is -1.57. The molecular formula is C16H22N2O2. The molecule has 1 aromatic carbocycles. The van der Waals surface area contributed by atoms with Gasteiger partial charge in [0.25, 0.3) is 0 Å². The van der Waals surface area contributed by atoms with Crippen molar-refractivity contribution < 1.29 is 9.47 Å². The van der Waals surface area contributed by atoms with Crippen molar-refractivity contribution in [1.82, 2.24) is 4.90 Å². The summed E-state index contributed by atoms with van der Waals surface area (Å²) >= 11 is 0. The Labute approximate surface area is 120 Å². The van der Waals surface area contributed by atoms with Crippen molar-refractivity contribution in [3.63, 3.8) is 0 Å². The molecule has 2 unspecified atom stereocenters. The summed E-state index contributed by atoms with van der Waals surface area (Å²) in [6.45, 7) is 7.20. The first-order valence-corrected chi connectivity index (χ1v) is 7.03. The Bertz CT molecular complexity index is 490. The van der Waals surface area contributed by atoms with E-state index < -0.39 is 0 Å². The van der Waals surface area contributed by atoms with Crippen molar-refractivity contribution in [3.05, 3.63) is 29.3 Å². The highest BCUT2D eigenvalue weighted by molar-refractivity contribution is 5.40. The molecule has 2 atom stereocenters. The van der Waals surface area contributed by atoms with Crippen LogP contribution in [0.2, 0.25) is 0 Å². The van der Waals surface area contributed by atoms with E-state index in [1.54, 1.807) is 7.11 Å². The SMILES string of the molecule is COc1ccc(C)cc1C(C)C(C#N)N1CCOCC1. The van der Waals surface area contributed by atoms with Gasteiger partial charge in [-0.1, -0.05) is 24.6 Å². The van der Waals surface area contributed by atoms with Gasteiger partial charge in [-0.05, 0) is 18.6 Å². The molecular weight excluding hydrogens is 252 g/mol. The highest BCUT2D eigenvalue weighted by Gasteiger charge is 2.28. The molecule has 1 heterocycles. The number of morpholine rings is 1. The number of nitrogens with zero attached hydrogens (tertiary/aromatic N) is 2. The summed E-state index contributed by atoms with van der Waals surface area (Å²) in [6, 6.07) is 8.45. The van der Waals surface area contributed by atoms with Crippen LogP contribution in [0, 0.1) is 18.3 Å². The average molecular weight is 274 g/mol. The Balaban J connectivity index is 2.26. The lowest BCUT2D eigenvalue weighted by atomic mass is 9.91. The van der Waals surface area contributed by atoms with Crippen LogP contribution < -0.4 is 4.74 Å². The summed E-state index contributed by atoms with van der Waals surface area (Å²) in [5, 5.41) is 9.57. The first-order chi connectivity index (χ1) is 9.67. The summed E-state index contributed by atoms with van der Waals surface area (Å²) in [4.78, 5) is 2.20. The zero-order valence-corrected chi connectivity index (χ0v) is 12.4. The van der Waals surface area contributed by atoms with Gasteiger partial charge in [-0.15, -0.1) is 0 Å². The maximum atomic E-state index is 9.57. The normalized spacial score (nSPS) is 19.1. The van der Waals surface area contributed by atoms with E-state index in [9.17, 15) is 5.26 Å². The van der Waals surface area contributed by atoms with Gasteiger partial charge in [0, 0.05) is 19.0 Å². The molecule has 0 radical (unpaired) electrons. The molecule has 1 aromatic rings. The predicted octanol–water partition coefficient (Wildman–Crippen LogP) is 2.33. The minimum absolute atomic E-state index is 0.105. The van der Waals surface area contributed by atoms with E-state index in [4.69, 9.17) is 9.47 Å². The molecule has 108 valence electrons. The maximum absolute atomic E-state index is 9.57. The van der Waals surface area contributed by atoms with Crippen molar-refractivity contribution in [3.8, 4) is 11.8 Å². The molecule has 1 aliphatic rings. The largest absolute Gasteiger partial charge is 0.496 e. The lowest BCUT2D eigenvalue weighted by Crippen LogP contribution is -2.45. The summed E-state index contributed by atoms with van der Waals surface area (Å²) < 4.78 is 10.8. The molecule has 0 aromatic heterocycles. The summed E-state index contributed by atoms with van der Waals surface area (Å²) in [5.74, 6) is 0.963.